The summed E-state index contributed by atoms with van der Waals surface area (Å²) in [6, 6.07) is 4.05. The molecule has 0 spiro atoms. The molecule has 0 aliphatic carbocycles. The van der Waals surface area contributed by atoms with Crippen LogP contribution in [-0.2, 0) is 0 Å². The van der Waals surface area contributed by atoms with Gasteiger partial charge in [-0.25, -0.2) is 4.98 Å². The van der Waals surface area contributed by atoms with Gasteiger partial charge in [-0.2, -0.15) is 0 Å². The molecule has 2 atom stereocenters. The Kier molecular flexibility index (Phi) is 3.86. The molecular formula is C12H18ClN3O. The lowest BCUT2D eigenvalue weighted by Gasteiger charge is -2.27. The Hall–Kier alpha value is -0.840. The molecule has 1 saturated heterocycles. The molecule has 2 heterocycles. The van der Waals surface area contributed by atoms with Crippen LogP contribution in [0.2, 0.25) is 5.02 Å². The molecule has 2 unspecified atom stereocenters. The van der Waals surface area contributed by atoms with Gasteiger partial charge in [-0.3, -0.25) is 0 Å². The van der Waals surface area contributed by atoms with Gasteiger partial charge < -0.3 is 14.9 Å². The smallest absolute Gasteiger partial charge is 0.128 e. The van der Waals surface area contributed by atoms with E-state index in [2.05, 4.69) is 14.8 Å². The first-order chi connectivity index (χ1) is 8.06. The molecule has 0 amide bonds. The summed E-state index contributed by atoms with van der Waals surface area (Å²) < 4.78 is 0. The molecule has 17 heavy (non-hydrogen) atoms. The van der Waals surface area contributed by atoms with Crippen LogP contribution < -0.4 is 4.90 Å². The monoisotopic (exact) mass is 255 g/mol. The van der Waals surface area contributed by atoms with E-state index in [0.29, 0.717) is 17.6 Å². The normalized spacial score (nSPS) is 24.6. The second-order valence-electron chi connectivity index (χ2n) is 4.79. The van der Waals surface area contributed by atoms with Crippen LogP contribution in [0.4, 0.5) is 5.82 Å². The SMILES string of the molecule is CN(C)CC1CC(O)CN1c1ccc(Cl)cn1. The van der Waals surface area contributed by atoms with E-state index >= 15 is 0 Å². The van der Waals surface area contributed by atoms with E-state index in [1.807, 2.05) is 26.2 Å². The van der Waals surface area contributed by atoms with Gasteiger partial charge in [0.05, 0.1) is 11.1 Å². The third-order valence-electron chi connectivity index (χ3n) is 2.97. The molecule has 1 aliphatic heterocycles. The zero-order chi connectivity index (χ0) is 12.4. The fraction of sp³-hybridized carbons (Fsp3) is 0.583. The fourth-order valence-electron chi connectivity index (χ4n) is 2.31. The summed E-state index contributed by atoms with van der Waals surface area (Å²) in [5.41, 5.74) is 0. The number of halogens is 1. The standard InChI is InChI=1S/C12H18ClN3O/c1-15(2)7-10-5-11(17)8-16(10)12-4-3-9(13)6-14-12/h3-4,6,10-11,17H,5,7-8H2,1-2H3. The summed E-state index contributed by atoms with van der Waals surface area (Å²) in [6.45, 7) is 1.56. The van der Waals surface area contributed by atoms with Gasteiger partial charge in [-0.15, -0.1) is 0 Å². The Morgan fingerprint density at radius 1 is 1.53 bits per heavy atom. The molecule has 1 fully saturated rings. The Balaban J connectivity index is 2.14. The lowest BCUT2D eigenvalue weighted by Crippen LogP contribution is -2.38. The van der Waals surface area contributed by atoms with Crippen molar-refractivity contribution in [1.29, 1.82) is 0 Å². The van der Waals surface area contributed by atoms with Crippen molar-refractivity contribution in [2.45, 2.75) is 18.6 Å². The van der Waals surface area contributed by atoms with Crippen LogP contribution in [0.1, 0.15) is 6.42 Å². The molecule has 1 aromatic heterocycles. The quantitative estimate of drug-likeness (QED) is 0.882. The number of aliphatic hydroxyl groups excluding tert-OH is 1. The predicted molar refractivity (Wildman–Crippen MR) is 69.6 cm³/mol. The van der Waals surface area contributed by atoms with Gasteiger partial charge in [-0.1, -0.05) is 11.6 Å². The minimum absolute atomic E-state index is 0.266. The molecule has 1 N–H and O–H groups in total. The van der Waals surface area contributed by atoms with Crippen molar-refractivity contribution in [3.8, 4) is 0 Å². The van der Waals surface area contributed by atoms with Crippen LogP contribution in [0.3, 0.4) is 0 Å². The highest BCUT2D eigenvalue weighted by atomic mass is 35.5. The highest BCUT2D eigenvalue weighted by Gasteiger charge is 2.31. The molecule has 0 radical (unpaired) electrons. The fourth-order valence-corrected chi connectivity index (χ4v) is 2.42. The van der Waals surface area contributed by atoms with E-state index < -0.39 is 0 Å². The molecule has 2 rings (SSSR count). The third-order valence-corrected chi connectivity index (χ3v) is 3.20. The van der Waals surface area contributed by atoms with Crippen molar-refractivity contribution in [1.82, 2.24) is 9.88 Å². The molecule has 1 aliphatic rings. The number of aromatic nitrogens is 1. The lowest BCUT2D eigenvalue weighted by atomic mass is 10.2. The zero-order valence-electron chi connectivity index (χ0n) is 10.2. The van der Waals surface area contributed by atoms with Crippen molar-refractivity contribution >= 4 is 17.4 Å². The average Bonchev–Trinajstić information content (AvgIpc) is 2.59. The Bertz CT molecular complexity index is 369. The number of nitrogens with zero attached hydrogens (tertiary/aromatic N) is 3. The maximum Gasteiger partial charge on any atom is 0.128 e. The Morgan fingerprint density at radius 2 is 2.29 bits per heavy atom. The molecule has 0 aromatic carbocycles. The lowest BCUT2D eigenvalue weighted by molar-refractivity contribution is 0.191. The van der Waals surface area contributed by atoms with Crippen LogP contribution in [0.25, 0.3) is 0 Å². The first kappa shape index (κ1) is 12.6. The summed E-state index contributed by atoms with van der Waals surface area (Å²) in [6.07, 6.45) is 2.17. The highest BCUT2D eigenvalue weighted by molar-refractivity contribution is 6.30. The minimum atomic E-state index is -0.266. The largest absolute Gasteiger partial charge is 0.391 e. The van der Waals surface area contributed by atoms with Crippen LogP contribution in [0.5, 0.6) is 0 Å². The van der Waals surface area contributed by atoms with Crippen LogP contribution >= 0.6 is 11.6 Å². The van der Waals surface area contributed by atoms with E-state index in [4.69, 9.17) is 11.6 Å². The van der Waals surface area contributed by atoms with Crippen molar-refractivity contribution < 1.29 is 5.11 Å². The van der Waals surface area contributed by atoms with Crippen LogP contribution in [0.15, 0.2) is 18.3 Å². The van der Waals surface area contributed by atoms with Crippen molar-refractivity contribution in [2.24, 2.45) is 0 Å². The van der Waals surface area contributed by atoms with Crippen molar-refractivity contribution in [3.05, 3.63) is 23.4 Å². The molecule has 1 aromatic rings. The van der Waals surface area contributed by atoms with Crippen LogP contribution in [-0.4, -0.2) is 54.3 Å². The van der Waals surface area contributed by atoms with Gasteiger partial charge in [0.25, 0.3) is 0 Å². The molecule has 0 bridgehead atoms. The summed E-state index contributed by atoms with van der Waals surface area (Å²) in [5, 5.41) is 10.4. The highest BCUT2D eigenvalue weighted by Crippen LogP contribution is 2.25. The Morgan fingerprint density at radius 3 is 2.88 bits per heavy atom. The summed E-state index contributed by atoms with van der Waals surface area (Å²) in [5.74, 6) is 0.887. The number of aliphatic hydroxyl groups is 1. The van der Waals surface area contributed by atoms with Gasteiger partial charge in [0.2, 0.25) is 0 Å². The summed E-state index contributed by atoms with van der Waals surface area (Å²) in [4.78, 5) is 8.60. The number of hydrogen-bond donors (Lipinski definition) is 1. The number of likely N-dealkylation sites (N-methyl/N-ethyl adjacent to an activating group) is 1. The van der Waals surface area contributed by atoms with E-state index in [1.165, 1.54) is 0 Å². The predicted octanol–water partition coefficient (Wildman–Crippen LogP) is 1.24. The van der Waals surface area contributed by atoms with Crippen molar-refractivity contribution in [3.63, 3.8) is 0 Å². The first-order valence-electron chi connectivity index (χ1n) is 5.77. The maximum atomic E-state index is 9.78. The Labute approximate surface area is 107 Å². The first-order valence-corrected chi connectivity index (χ1v) is 6.15. The number of pyridine rings is 1. The molecular weight excluding hydrogens is 238 g/mol. The summed E-state index contributed by atoms with van der Waals surface area (Å²) >= 11 is 5.83. The van der Waals surface area contributed by atoms with E-state index in [0.717, 1.165) is 18.8 Å². The number of anilines is 1. The maximum absolute atomic E-state index is 9.78. The zero-order valence-corrected chi connectivity index (χ0v) is 10.9. The average molecular weight is 256 g/mol. The number of hydrogen-bond acceptors (Lipinski definition) is 4. The van der Waals surface area contributed by atoms with Gasteiger partial charge >= 0.3 is 0 Å². The molecule has 0 saturated carbocycles. The number of rotatable bonds is 3. The van der Waals surface area contributed by atoms with Crippen LogP contribution in [0, 0.1) is 0 Å². The number of β-amino-alcohol motifs (C(OH)–C–C–N with tert-alkyl or cyclic N) is 1. The van der Waals surface area contributed by atoms with Gasteiger partial charge in [0.1, 0.15) is 5.82 Å². The summed E-state index contributed by atoms with van der Waals surface area (Å²) in [7, 11) is 4.08. The van der Waals surface area contributed by atoms with E-state index in [1.54, 1.807) is 6.20 Å². The topological polar surface area (TPSA) is 39.6 Å². The van der Waals surface area contributed by atoms with E-state index in [-0.39, 0.29) is 6.10 Å². The molecule has 94 valence electrons. The second kappa shape index (κ2) is 5.21. The van der Waals surface area contributed by atoms with Crippen molar-refractivity contribution in [2.75, 3.05) is 32.1 Å². The molecule has 4 nitrogen and oxygen atoms in total. The van der Waals surface area contributed by atoms with Gasteiger partial charge in [0, 0.05) is 25.3 Å². The van der Waals surface area contributed by atoms with Gasteiger partial charge in [0.15, 0.2) is 0 Å². The van der Waals surface area contributed by atoms with E-state index in [9.17, 15) is 5.11 Å². The van der Waals surface area contributed by atoms with Gasteiger partial charge in [-0.05, 0) is 32.6 Å². The third kappa shape index (κ3) is 3.09. The molecule has 5 heteroatoms. The second-order valence-corrected chi connectivity index (χ2v) is 5.23. The minimum Gasteiger partial charge on any atom is -0.391 e.